The molecule has 3 aromatic carbocycles. The minimum Gasteiger partial charge on any atom is -0.463 e. The summed E-state index contributed by atoms with van der Waals surface area (Å²) in [6.07, 6.45) is 6.64. The average molecular weight is 497 g/mol. The van der Waals surface area contributed by atoms with Gasteiger partial charge in [0.25, 0.3) is 0 Å². The Bertz CT molecular complexity index is 1910. The lowest BCUT2D eigenvalue weighted by Crippen LogP contribution is -1.80. The zero-order chi connectivity index (χ0) is 25.3. The summed E-state index contributed by atoms with van der Waals surface area (Å²) in [7, 11) is 0. The third-order valence-corrected chi connectivity index (χ3v) is 6.13. The van der Waals surface area contributed by atoms with Gasteiger partial charge in [-0.3, -0.25) is 9.98 Å². The molecule has 0 spiro atoms. The van der Waals surface area contributed by atoms with E-state index in [-0.39, 0.29) is 0 Å². The topological polar surface area (TPSA) is 108 Å². The Morgan fingerprint density at radius 1 is 0.579 bits per heavy atom. The van der Waals surface area contributed by atoms with Crippen molar-refractivity contribution in [2.24, 2.45) is 9.98 Å². The smallest absolute Gasteiger partial charge is 0.144 e. The Morgan fingerprint density at radius 2 is 1.13 bits per heavy atom. The zero-order valence-corrected chi connectivity index (χ0v) is 20.0. The molecule has 0 aliphatic carbocycles. The lowest BCUT2D eigenvalue weighted by atomic mass is 10.2. The van der Waals surface area contributed by atoms with Crippen LogP contribution in [0.15, 0.2) is 116 Å². The van der Waals surface area contributed by atoms with E-state index in [1.165, 1.54) is 0 Å². The lowest BCUT2D eigenvalue weighted by molar-refractivity contribution is 0.560. The summed E-state index contributed by atoms with van der Waals surface area (Å²) in [5, 5.41) is 0. The van der Waals surface area contributed by atoms with Crippen LogP contribution in [0.1, 0.15) is 11.5 Å². The highest BCUT2D eigenvalue weighted by molar-refractivity contribution is 5.87. The second-order valence-electron chi connectivity index (χ2n) is 8.70. The van der Waals surface area contributed by atoms with E-state index in [4.69, 9.17) is 18.8 Å². The maximum absolute atomic E-state index is 5.31. The van der Waals surface area contributed by atoms with Crippen molar-refractivity contribution in [1.82, 2.24) is 19.9 Å². The van der Waals surface area contributed by atoms with Crippen molar-refractivity contribution in [3.05, 3.63) is 109 Å². The number of nitrogens with one attached hydrogen (secondary N) is 2. The summed E-state index contributed by atoms with van der Waals surface area (Å²) >= 11 is 0. The van der Waals surface area contributed by atoms with Gasteiger partial charge < -0.3 is 18.8 Å². The first kappa shape index (κ1) is 21.8. The van der Waals surface area contributed by atoms with E-state index in [1.807, 2.05) is 84.9 Å². The number of aromatic nitrogens is 4. The molecule has 4 heterocycles. The van der Waals surface area contributed by atoms with Gasteiger partial charge in [0.05, 0.1) is 58.4 Å². The second-order valence-corrected chi connectivity index (χ2v) is 8.70. The Labute approximate surface area is 216 Å². The maximum atomic E-state index is 5.31. The summed E-state index contributed by atoms with van der Waals surface area (Å²) in [5.74, 6) is 2.99. The van der Waals surface area contributed by atoms with Gasteiger partial charge in [0.1, 0.15) is 23.2 Å². The van der Waals surface area contributed by atoms with E-state index in [9.17, 15) is 0 Å². The molecule has 4 aromatic heterocycles. The molecule has 7 aromatic rings. The highest BCUT2D eigenvalue weighted by Crippen LogP contribution is 2.28. The summed E-state index contributed by atoms with van der Waals surface area (Å²) in [6.45, 7) is 0. The van der Waals surface area contributed by atoms with Crippen molar-refractivity contribution in [1.29, 1.82) is 0 Å². The fraction of sp³-hybridized carbons (Fsp3) is 0. The van der Waals surface area contributed by atoms with Crippen molar-refractivity contribution in [2.45, 2.75) is 0 Å². The minimum absolute atomic E-state index is 0.703. The van der Waals surface area contributed by atoms with Gasteiger partial charge in [-0.25, -0.2) is 9.97 Å². The fourth-order valence-corrected chi connectivity index (χ4v) is 4.21. The molecule has 0 amide bonds. The van der Waals surface area contributed by atoms with Crippen LogP contribution < -0.4 is 0 Å². The van der Waals surface area contributed by atoms with E-state index < -0.39 is 0 Å². The highest BCUT2D eigenvalue weighted by Gasteiger charge is 2.10. The Kier molecular flexibility index (Phi) is 5.26. The van der Waals surface area contributed by atoms with E-state index in [0.717, 1.165) is 56.2 Å². The number of aromatic amines is 2. The van der Waals surface area contributed by atoms with Gasteiger partial charge in [-0.1, -0.05) is 0 Å². The first-order valence-corrected chi connectivity index (χ1v) is 12.0. The van der Waals surface area contributed by atoms with Gasteiger partial charge in [-0.15, -0.1) is 0 Å². The van der Waals surface area contributed by atoms with Gasteiger partial charge >= 0.3 is 0 Å². The molecule has 182 valence electrons. The van der Waals surface area contributed by atoms with Gasteiger partial charge in [-0.2, -0.15) is 0 Å². The molecule has 0 radical (unpaired) electrons. The number of rotatable bonds is 6. The van der Waals surface area contributed by atoms with Crippen LogP contribution in [0, 0.1) is 0 Å². The summed E-state index contributed by atoms with van der Waals surface area (Å²) < 4.78 is 10.6. The van der Waals surface area contributed by atoms with Gasteiger partial charge in [0, 0.05) is 11.1 Å². The van der Waals surface area contributed by atoms with Crippen molar-refractivity contribution in [2.75, 3.05) is 0 Å². The predicted molar refractivity (Wildman–Crippen MR) is 149 cm³/mol. The third kappa shape index (κ3) is 4.31. The standard InChI is InChI=1S/C30H20N6O2/c1-3-23(37-13-1)17-31-21-8-5-19(6-9-21)29-33-25-11-7-20(15-27(25)35-29)30-34-26-12-10-22(16-28(26)36-30)32-18-24-4-2-14-38-24/h1-18H,(H,33,35)(H,34,36). The molecule has 0 fully saturated rings. The minimum atomic E-state index is 0.703. The second kappa shape index (κ2) is 9.18. The monoisotopic (exact) mass is 496 g/mol. The van der Waals surface area contributed by atoms with E-state index in [0.29, 0.717) is 11.5 Å². The third-order valence-electron chi connectivity index (χ3n) is 6.13. The Balaban J connectivity index is 1.14. The molecule has 0 saturated carbocycles. The van der Waals surface area contributed by atoms with Crippen molar-refractivity contribution >= 4 is 45.9 Å². The molecule has 2 N–H and O–H groups in total. The molecular formula is C30H20N6O2. The number of nitrogens with zero attached hydrogens (tertiary/aromatic N) is 4. The van der Waals surface area contributed by atoms with Crippen LogP contribution in [0.3, 0.4) is 0 Å². The molecule has 0 bridgehead atoms. The average Bonchev–Trinajstić information content (AvgIpc) is 3.77. The molecule has 0 unspecified atom stereocenters. The molecule has 8 nitrogen and oxygen atoms in total. The zero-order valence-electron chi connectivity index (χ0n) is 20.0. The normalized spacial score (nSPS) is 12.0. The van der Waals surface area contributed by atoms with Gasteiger partial charge in [0.15, 0.2) is 0 Å². The molecule has 0 aliphatic heterocycles. The van der Waals surface area contributed by atoms with Crippen LogP contribution in [-0.4, -0.2) is 32.4 Å². The number of H-pyrrole nitrogens is 2. The van der Waals surface area contributed by atoms with E-state index in [2.05, 4.69) is 20.0 Å². The van der Waals surface area contributed by atoms with E-state index in [1.54, 1.807) is 25.0 Å². The van der Waals surface area contributed by atoms with Crippen LogP contribution in [0.2, 0.25) is 0 Å². The molecule has 0 atom stereocenters. The van der Waals surface area contributed by atoms with E-state index >= 15 is 0 Å². The Hall–Kier alpha value is -5.50. The van der Waals surface area contributed by atoms with Crippen LogP contribution in [0.4, 0.5) is 11.4 Å². The number of fused-ring (bicyclic) bond motifs is 2. The van der Waals surface area contributed by atoms with Crippen LogP contribution in [-0.2, 0) is 0 Å². The van der Waals surface area contributed by atoms with Crippen LogP contribution in [0.5, 0.6) is 0 Å². The summed E-state index contributed by atoms with van der Waals surface area (Å²) in [5.41, 5.74) is 7.17. The molecule has 0 aliphatic rings. The van der Waals surface area contributed by atoms with Crippen molar-refractivity contribution < 1.29 is 8.83 Å². The number of furan rings is 2. The van der Waals surface area contributed by atoms with Gasteiger partial charge in [0.2, 0.25) is 0 Å². The number of hydrogen-bond donors (Lipinski definition) is 2. The molecule has 38 heavy (non-hydrogen) atoms. The first-order chi connectivity index (χ1) is 18.8. The molecule has 0 saturated heterocycles. The number of imidazole rings is 2. The fourth-order valence-electron chi connectivity index (χ4n) is 4.21. The van der Waals surface area contributed by atoms with Crippen LogP contribution >= 0.6 is 0 Å². The van der Waals surface area contributed by atoms with Crippen molar-refractivity contribution in [3.63, 3.8) is 0 Å². The summed E-state index contributed by atoms with van der Waals surface area (Å²) in [6, 6.07) is 27.3. The van der Waals surface area contributed by atoms with Crippen molar-refractivity contribution in [3.8, 4) is 22.8 Å². The number of benzene rings is 3. The molecule has 7 rings (SSSR count). The summed E-state index contributed by atoms with van der Waals surface area (Å²) in [4.78, 5) is 25.4. The van der Waals surface area contributed by atoms with Crippen LogP contribution in [0.25, 0.3) is 44.8 Å². The predicted octanol–water partition coefficient (Wildman–Crippen LogP) is 7.46. The quantitative estimate of drug-likeness (QED) is 0.233. The highest BCUT2D eigenvalue weighted by atomic mass is 16.3. The maximum Gasteiger partial charge on any atom is 0.144 e. The number of aliphatic imine (C=N–C) groups is 2. The molecular weight excluding hydrogens is 476 g/mol. The SMILES string of the molecule is C(=Nc1ccc(-c2nc3cc(-c4nc5cc(N=Cc6ccco6)ccc5[nH]4)ccc3[nH]2)cc1)c1ccco1. The van der Waals surface area contributed by atoms with Gasteiger partial charge in [-0.05, 0) is 84.9 Å². The largest absolute Gasteiger partial charge is 0.463 e. The Morgan fingerprint density at radius 3 is 1.79 bits per heavy atom. The lowest BCUT2D eigenvalue weighted by Gasteiger charge is -1.97. The number of hydrogen-bond acceptors (Lipinski definition) is 6. The molecule has 8 heteroatoms. The first-order valence-electron chi connectivity index (χ1n) is 12.0.